The predicted molar refractivity (Wildman–Crippen MR) is 143 cm³/mol. The van der Waals surface area contributed by atoms with Crippen LogP contribution < -0.4 is 15.0 Å². The minimum Gasteiger partial charge on any atom is -0.495 e. The zero-order valence-electron chi connectivity index (χ0n) is 21.6. The first-order chi connectivity index (χ1) is 18.5. The molecule has 0 bridgehead atoms. The van der Waals surface area contributed by atoms with Crippen molar-refractivity contribution in [1.82, 2.24) is 14.3 Å². The second-order valence-electron chi connectivity index (χ2n) is 9.19. The van der Waals surface area contributed by atoms with Gasteiger partial charge in [-0.05, 0) is 42.3 Å². The Hall–Kier alpha value is -3.79. The van der Waals surface area contributed by atoms with Crippen molar-refractivity contribution >= 4 is 28.3 Å². The van der Waals surface area contributed by atoms with E-state index in [-0.39, 0.29) is 39.9 Å². The number of methoxy groups -OCH3 is 1. The molecule has 1 atom stereocenters. The Morgan fingerprint density at radius 3 is 2.51 bits per heavy atom. The van der Waals surface area contributed by atoms with Crippen molar-refractivity contribution in [1.29, 1.82) is 0 Å². The number of benzene rings is 2. The van der Waals surface area contributed by atoms with Gasteiger partial charge in [0.05, 0.1) is 24.9 Å². The Labute approximate surface area is 227 Å². The first kappa shape index (κ1) is 28.2. The van der Waals surface area contributed by atoms with E-state index in [4.69, 9.17) is 21.1 Å². The molecule has 0 radical (unpaired) electrons. The van der Waals surface area contributed by atoms with Crippen LogP contribution in [0, 0.1) is 0 Å². The highest BCUT2D eigenvalue weighted by atomic mass is 35.5. The lowest BCUT2D eigenvalue weighted by Crippen LogP contribution is -2.30. The Bertz CT molecular complexity index is 1560. The van der Waals surface area contributed by atoms with Gasteiger partial charge in [-0.2, -0.15) is 18.3 Å². The third-order valence-electron chi connectivity index (χ3n) is 6.22. The van der Waals surface area contributed by atoms with Crippen molar-refractivity contribution in [2.75, 3.05) is 13.7 Å². The number of ketones is 1. The third kappa shape index (κ3) is 6.62. The van der Waals surface area contributed by atoms with Gasteiger partial charge in [-0.25, -0.2) is 0 Å². The molecular weight excluding hydrogens is 535 g/mol. The number of aromatic nitrogens is 3. The predicted octanol–water partition coefficient (Wildman–Crippen LogP) is 6.16. The monoisotopic (exact) mass is 561 g/mol. The first-order valence-corrected chi connectivity index (χ1v) is 12.6. The number of aryl methyl sites for hydroxylation is 1. The normalized spacial score (nSPS) is 12.5. The number of fused-ring (bicyclic) bond motifs is 1. The lowest BCUT2D eigenvalue weighted by atomic mass is 9.98. The van der Waals surface area contributed by atoms with E-state index in [1.807, 2.05) is 38.4 Å². The van der Waals surface area contributed by atoms with Gasteiger partial charge in [-0.15, -0.1) is 0 Å². The van der Waals surface area contributed by atoms with Crippen LogP contribution in [0.15, 0.2) is 59.7 Å². The van der Waals surface area contributed by atoms with Crippen LogP contribution in [0.5, 0.6) is 11.5 Å². The van der Waals surface area contributed by atoms with Crippen LogP contribution in [0.25, 0.3) is 22.0 Å². The lowest BCUT2D eigenvalue weighted by molar-refractivity contribution is -0.153. The molecular formula is C28H27ClF3N3O4. The first-order valence-electron chi connectivity index (χ1n) is 12.2. The quantitative estimate of drug-likeness (QED) is 0.232. The summed E-state index contributed by atoms with van der Waals surface area (Å²) in [5.74, 6) is -0.0903. The van der Waals surface area contributed by atoms with E-state index >= 15 is 0 Å². The molecule has 4 aromatic rings. The Morgan fingerprint density at radius 2 is 1.82 bits per heavy atom. The van der Waals surface area contributed by atoms with Gasteiger partial charge >= 0.3 is 6.18 Å². The Balaban J connectivity index is 1.70. The Morgan fingerprint density at radius 1 is 1.08 bits per heavy atom. The van der Waals surface area contributed by atoms with Gasteiger partial charge in [0.15, 0.2) is 12.4 Å². The maximum absolute atomic E-state index is 13.5. The van der Waals surface area contributed by atoms with Crippen molar-refractivity contribution < 1.29 is 27.4 Å². The standard InChI is InChI=1S/C28H27ClF3N3O4/c1-4-5-23(24(36)11-17-6-8-22-18(10-17)14-34(2)33-22)35-15-26(38-3)21(13-27(35)37)20-12-19(29)7-9-25(20)39-16-28(30,31)32/h6-10,12-15,23H,4-5,11,16H2,1-3H3. The molecule has 2 aromatic heterocycles. The molecule has 0 saturated carbocycles. The highest BCUT2D eigenvalue weighted by Gasteiger charge is 2.29. The maximum atomic E-state index is 13.5. The number of carbonyl (C=O) groups is 1. The van der Waals surface area contributed by atoms with E-state index in [2.05, 4.69) is 5.10 Å². The molecule has 0 aliphatic carbocycles. The van der Waals surface area contributed by atoms with E-state index in [1.165, 1.54) is 42.1 Å². The summed E-state index contributed by atoms with van der Waals surface area (Å²) in [5.41, 5.74) is 1.46. The van der Waals surface area contributed by atoms with Crippen LogP contribution in [0.2, 0.25) is 5.02 Å². The number of nitrogens with zero attached hydrogens (tertiary/aromatic N) is 3. The van der Waals surface area contributed by atoms with Crippen molar-refractivity contribution in [3.05, 3.63) is 75.8 Å². The Kier molecular flexibility index (Phi) is 8.34. The van der Waals surface area contributed by atoms with Crippen LogP contribution in [0.4, 0.5) is 13.2 Å². The number of hydrogen-bond donors (Lipinski definition) is 0. The van der Waals surface area contributed by atoms with Gasteiger partial charge in [-0.3, -0.25) is 14.3 Å². The summed E-state index contributed by atoms with van der Waals surface area (Å²) in [4.78, 5) is 26.8. The second kappa shape index (κ2) is 11.5. The number of alkyl halides is 3. The SMILES string of the molecule is CCCC(C(=O)Cc1ccc2nn(C)cc2c1)n1cc(OC)c(-c2cc(Cl)ccc2OCC(F)(F)F)cc1=O. The van der Waals surface area contributed by atoms with Gasteiger partial charge in [0.25, 0.3) is 5.56 Å². The third-order valence-corrected chi connectivity index (χ3v) is 6.45. The van der Waals surface area contributed by atoms with Gasteiger partial charge < -0.3 is 14.0 Å². The molecule has 0 saturated heterocycles. The number of halogens is 4. The summed E-state index contributed by atoms with van der Waals surface area (Å²) in [6.07, 6.45) is -0.126. The largest absolute Gasteiger partial charge is 0.495 e. The van der Waals surface area contributed by atoms with E-state index in [0.717, 1.165) is 16.5 Å². The number of Topliss-reactive ketones (excluding diaryl/α,β-unsaturated/α-hetero) is 1. The topological polar surface area (TPSA) is 75.3 Å². The molecule has 206 valence electrons. The summed E-state index contributed by atoms with van der Waals surface area (Å²) in [7, 11) is 3.19. The molecule has 11 heteroatoms. The van der Waals surface area contributed by atoms with Crippen LogP contribution in [0.1, 0.15) is 31.4 Å². The van der Waals surface area contributed by atoms with E-state index in [1.54, 1.807) is 4.68 Å². The number of pyridine rings is 1. The molecule has 0 aliphatic heterocycles. The fraction of sp³-hybridized carbons (Fsp3) is 0.321. The molecule has 39 heavy (non-hydrogen) atoms. The number of carbonyl (C=O) groups excluding carboxylic acids is 1. The highest BCUT2D eigenvalue weighted by Crippen LogP contribution is 2.38. The van der Waals surface area contributed by atoms with Crippen LogP contribution >= 0.6 is 11.6 Å². The minimum atomic E-state index is -4.56. The molecule has 0 fully saturated rings. The van der Waals surface area contributed by atoms with Crippen molar-refractivity contribution in [2.45, 2.75) is 38.4 Å². The van der Waals surface area contributed by atoms with Gasteiger partial charge in [0.2, 0.25) is 0 Å². The smallest absolute Gasteiger partial charge is 0.422 e. The summed E-state index contributed by atoms with van der Waals surface area (Å²) in [5, 5.41) is 5.49. The molecule has 2 heterocycles. The van der Waals surface area contributed by atoms with E-state index in [9.17, 15) is 22.8 Å². The van der Waals surface area contributed by atoms with Crippen molar-refractivity contribution in [2.24, 2.45) is 7.05 Å². The average Bonchev–Trinajstić information content (AvgIpc) is 3.25. The highest BCUT2D eigenvalue weighted by molar-refractivity contribution is 6.31. The fourth-order valence-corrected chi connectivity index (χ4v) is 4.67. The zero-order chi connectivity index (χ0) is 28.3. The van der Waals surface area contributed by atoms with Crippen LogP contribution in [-0.4, -0.2) is 40.0 Å². The molecule has 1 unspecified atom stereocenters. The van der Waals surface area contributed by atoms with Gasteiger partial charge in [-0.1, -0.05) is 31.0 Å². The average molecular weight is 562 g/mol. The van der Waals surface area contributed by atoms with Crippen molar-refractivity contribution in [3.63, 3.8) is 0 Å². The van der Waals surface area contributed by atoms with E-state index in [0.29, 0.717) is 12.8 Å². The number of hydrogen-bond acceptors (Lipinski definition) is 5. The summed E-state index contributed by atoms with van der Waals surface area (Å²) in [6.45, 7) is 0.397. The van der Waals surface area contributed by atoms with E-state index < -0.39 is 24.4 Å². The van der Waals surface area contributed by atoms with Crippen LogP contribution in [0.3, 0.4) is 0 Å². The number of rotatable bonds is 10. The minimum absolute atomic E-state index is 0.107. The maximum Gasteiger partial charge on any atom is 0.422 e. The van der Waals surface area contributed by atoms with Crippen LogP contribution in [-0.2, 0) is 18.3 Å². The fourth-order valence-electron chi connectivity index (χ4n) is 4.50. The second-order valence-corrected chi connectivity index (χ2v) is 9.63. The summed E-state index contributed by atoms with van der Waals surface area (Å²) < 4.78 is 52.0. The number of ether oxygens (including phenoxy) is 2. The van der Waals surface area contributed by atoms with Gasteiger partial charge in [0.1, 0.15) is 11.5 Å². The summed E-state index contributed by atoms with van der Waals surface area (Å²) in [6, 6.07) is 10.1. The molecule has 7 nitrogen and oxygen atoms in total. The van der Waals surface area contributed by atoms with Gasteiger partial charge in [0, 0.05) is 47.3 Å². The molecule has 0 amide bonds. The molecule has 2 aromatic carbocycles. The molecule has 4 rings (SSSR count). The lowest BCUT2D eigenvalue weighted by Gasteiger charge is -2.21. The summed E-state index contributed by atoms with van der Waals surface area (Å²) >= 11 is 6.12. The molecule has 0 aliphatic rings. The molecule has 0 N–H and O–H groups in total. The molecule has 0 spiro atoms. The zero-order valence-corrected chi connectivity index (χ0v) is 22.3. The van der Waals surface area contributed by atoms with Crippen molar-refractivity contribution in [3.8, 4) is 22.6 Å².